The molecular formula is C5H9NO3S. The Bertz CT molecular complexity index is 154. The zero-order chi connectivity index (χ0) is 8.36. The highest BCUT2D eigenvalue weighted by molar-refractivity contribution is 7.80. The number of carbonyl (C=O) groups is 2. The van der Waals surface area contributed by atoms with E-state index in [1.54, 1.807) is 0 Å². The van der Waals surface area contributed by atoms with Crippen LogP contribution in [0.1, 0.15) is 6.92 Å². The summed E-state index contributed by atoms with van der Waals surface area (Å²) >= 11 is 3.70. The zero-order valence-electron chi connectivity index (χ0n) is 5.50. The molecule has 0 saturated heterocycles. The molecule has 0 rings (SSSR count). The maximum Gasteiger partial charge on any atom is 0.319 e. The molecule has 0 saturated carbocycles. The number of amides is 1. The standard InChI is InChI=1S/C5H9NO3S/c1-5(2-10,3(6)7)4(8)9/h10H,2H2,1H3,(H2,6,7)(H,8,9)/t5-/m1/s1. The fraction of sp³-hybridized carbons (Fsp3) is 0.600. The highest BCUT2D eigenvalue weighted by atomic mass is 32.1. The van der Waals surface area contributed by atoms with E-state index in [4.69, 9.17) is 10.8 Å². The van der Waals surface area contributed by atoms with Gasteiger partial charge in [-0.2, -0.15) is 12.6 Å². The summed E-state index contributed by atoms with van der Waals surface area (Å²) in [5, 5.41) is 8.45. The van der Waals surface area contributed by atoms with Crippen molar-refractivity contribution in [3.63, 3.8) is 0 Å². The van der Waals surface area contributed by atoms with E-state index < -0.39 is 17.3 Å². The minimum Gasteiger partial charge on any atom is -0.480 e. The predicted octanol–water partition coefficient (Wildman–Crippen LogP) is -0.508. The molecule has 0 aromatic rings. The van der Waals surface area contributed by atoms with Crippen LogP contribution in [-0.2, 0) is 9.59 Å². The molecule has 0 unspecified atom stereocenters. The van der Waals surface area contributed by atoms with E-state index in [2.05, 4.69) is 12.6 Å². The van der Waals surface area contributed by atoms with Gasteiger partial charge in [0.2, 0.25) is 5.91 Å². The van der Waals surface area contributed by atoms with Gasteiger partial charge >= 0.3 is 5.97 Å². The lowest BCUT2D eigenvalue weighted by atomic mass is 9.93. The molecule has 0 aromatic carbocycles. The first-order valence-electron chi connectivity index (χ1n) is 2.59. The minimum atomic E-state index is -1.54. The van der Waals surface area contributed by atoms with E-state index in [1.165, 1.54) is 6.92 Å². The lowest BCUT2D eigenvalue weighted by molar-refractivity contribution is -0.151. The molecule has 0 fully saturated rings. The van der Waals surface area contributed by atoms with E-state index in [-0.39, 0.29) is 5.75 Å². The molecule has 58 valence electrons. The van der Waals surface area contributed by atoms with Crippen LogP contribution in [0.25, 0.3) is 0 Å². The summed E-state index contributed by atoms with van der Waals surface area (Å²) in [6, 6.07) is 0. The van der Waals surface area contributed by atoms with Gasteiger partial charge in [0, 0.05) is 5.75 Å². The van der Waals surface area contributed by atoms with Crippen molar-refractivity contribution in [1.29, 1.82) is 0 Å². The van der Waals surface area contributed by atoms with E-state index >= 15 is 0 Å². The van der Waals surface area contributed by atoms with Crippen LogP contribution in [0.3, 0.4) is 0 Å². The number of carboxylic acids is 1. The molecule has 0 aliphatic rings. The van der Waals surface area contributed by atoms with Crippen LogP contribution in [0.15, 0.2) is 0 Å². The number of hydrogen-bond acceptors (Lipinski definition) is 3. The summed E-state index contributed by atoms with van der Waals surface area (Å²) in [4.78, 5) is 20.8. The van der Waals surface area contributed by atoms with Crippen molar-refractivity contribution < 1.29 is 14.7 Å². The Morgan fingerprint density at radius 2 is 2.10 bits per heavy atom. The summed E-state index contributed by atoms with van der Waals surface area (Å²) in [6.07, 6.45) is 0. The van der Waals surface area contributed by atoms with Gasteiger partial charge in [0.25, 0.3) is 0 Å². The summed E-state index contributed by atoms with van der Waals surface area (Å²) in [7, 11) is 0. The second-order valence-electron chi connectivity index (χ2n) is 2.16. The van der Waals surface area contributed by atoms with Gasteiger partial charge in [0.15, 0.2) is 5.41 Å². The third-order valence-corrected chi connectivity index (χ3v) is 1.96. The van der Waals surface area contributed by atoms with Gasteiger partial charge in [-0.3, -0.25) is 9.59 Å². The first-order chi connectivity index (χ1) is 4.45. The summed E-state index contributed by atoms with van der Waals surface area (Å²) in [6.45, 7) is 1.24. The highest BCUT2D eigenvalue weighted by Gasteiger charge is 2.37. The number of thiol groups is 1. The quantitative estimate of drug-likeness (QED) is 0.387. The molecule has 1 amide bonds. The second-order valence-corrected chi connectivity index (χ2v) is 2.48. The summed E-state index contributed by atoms with van der Waals surface area (Å²) < 4.78 is 0. The molecule has 0 radical (unpaired) electrons. The molecule has 1 atom stereocenters. The van der Waals surface area contributed by atoms with Crippen molar-refractivity contribution in [2.45, 2.75) is 6.92 Å². The first kappa shape index (κ1) is 9.29. The largest absolute Gasteiger partial charge is 0.480 e. The van der Waals surface area contributed by atoms with Crippen LogP contribution >= 0.6 is 12.6 Å². The number of primary amides is 1. The van der Waals surface area contributed by atoms with Gasteiger partial charge < -0.3 is 10.8 Å². The molecule has 0 spiro atoms. The molecule has 0 aromatic heterocycles. The molecule has 0 heterocycles. The first-order valence-corrected chi connectivity index (χ1v) is 3.22. The molecule has 0 aliphatic carbocycles. The Kier molecular flexibility index (Phi) is 2.71. The Labute approximate surface area is 63.8 Å². The van der Waals surface area contributed by atoms with Crippen molar-refractivity contribution in [1.82, 2.24) is 0 Å². The molecule has 0 bridgehead atoms. The number of nitrogens with two attached hydrogens (primary N) is 1. The fourth-order valence-corrected chi connectivity index (χ4v) is 0.542. The lowest BCUT2D eigenvalue weighted by Gasteiger charge is -2.16. The predicted molar refractivity (Wildman–Crippen MR) is 38.8 cm³/mol. The molecular weight excluding hydrogens is 154 g/mol. The Morgan fingerprint density at radius 3 is 2.10 bits per heavy atom. The number of carboxylic acid groups (broad SMARTS) is 1. The van der Waals surface area contributed by atoms with Crippen molar-refractivity contribution in [3.8, 4) is 0 Å². The molecule has 10 heavy (non-hydrogen) atoms. The van der Waals surface area contributed by atoms with Crippen LogP contribution < -0.4 is 5.73 Å². The highest BCUT2D eigenvalue weighted by Crippen LogP contribution is 2.16. The average Bonchev–Trinajstić information content (AvgIpc) is 1.85. The molecule has 5 heteroatoms. The van der Waals surface area contributed by atoms with Gasteiger partial charge in [0.1, 0.15) is 0 Å². The fourth-order valence-electron chi connectivity index (χ4n) is 0.251. The topological polar surface area (TPSA) is 80.4 Å². The third-order valence-electron chi connectivity index (χ3n) is 1.33. The van der Waals surface area contributed by atoms with Crippen LogP contribution in [-0.4, -0.2) is 22.7 Å². The number of hydrogen-bond donors (Lipinski definition) is 3. The Morgan fingerprint density at radius 1 is 1.70 bits per heavy atom. The number of aliphatic carboxylic acids is 1. The SMILES string of the molecule is C[C@@](CS)(C(N)=O)C(=O)O. The van der Waals surface area contributed by atoms with Crippen LogP contribution in [0, 0.1) is 5.41 Å². The van der Waals surface area contributed by atoms with Crippen LogP contribution in [0.2, 0.25) is 0 Å². The van der Waals surface area contributed by atoms with E-state index in [9.17, 15) is 9.59 Å². The minimum absolute atomic E-state index is 0.0856. The van der Waals surface area contributed by atoms with E-state index in [0.29, 0.717) is 0 Å². The van der Waals surface area contributed by atoms with Crippen LogP contribution in [0.5, 0.6) is 0 Å². The van der Waals surface area contributed by atoms with Gasteiger partial charge in [0.05, 0.1) is 0 Å². The Hall–Kier alpha value is -0.710. The third kappa shape index (κ3) is 1.41. The Balaban J connectivity index is 4.55. The van der Waals surface area contributed by atoms with Crippen molar-refractivity contribution in [2.75, 3.05) is 5.75 Å². The van der Waals surface area contributed by atoms with Gasteiger partial charge in [-0.25, -0.2) is 0 Å². The van der Waals surface area contributed by atoms with Gasteiger partial charge in [-0.05, 0) is 6.92 Å². The van der Waals surface area contributed by atoms with Crippen molar-refractivity contribution in [2.24, 2.45) is 11.1 Å². The van der Waals surface area contributed by atoms with E-state index in [1.807, 2.05) is 0 Å². The second kappa shape index (κ2) is 2.92. The normalized spacial score (nSPS) is 15.8. The maximum atomic E-state index is 10.5. The van der Waals surface area contributed by atoms with Crippen molar-refractivity contribution in [3.05, 3.63) is 0 Å². The monoisotopic (exact) mass is 163 g/mol. The molecule has 3 N–H and O–H groups in total. The van der Waals surface area contributed by atoms with E-state index in [0.717, 1.165) is 0 Å². The summed E-state index contributed by atoms with van der Waals surface area (Å²) in [5.74, 6) is -2.19. The van der Waals surface area contributed by atoms with Gasteiger partial charge in [-0.15, -0.1) is 0 Å². The van der Waals surface area contributed by atoms with Crippen molar-refractivity contribution >= 4 is 24.5 Å². The summed E-state index contributed by atoms with van der Waals surface area (Å²) in [5.41, 5.74) is 3.28. The number of rotatable bonds is 3. The maximum absolute atomic E-state index is 10.5. The van der Waals surface area contributed by atoms with Gasteiger partial charge in [-0.1, -0.05) is 0 Å². The zero-order valence-corrected chi connectivity index (χ0v) is 6.39. The molecule has 0 aliphatic heterocycles. The smallest absolute Gasteiger partial charge is 0.319 e. The molecule has 4 nitrogen and oxygen atoms in total. The average molecular weight is 163 g/mol. The lowest BCUT2D eigenvalue weighted by Crippen LogP contribution is -2.42. The number of carbonyl (C=O) groups excluding carboxylic acids is 1. The van der Waals surface area contributed by atoms with Crippen LogP contribution in [0.4, 0.5) is 0 Å².